The molecule has 1 aliphatic heterocycles. The van der Waals surface area contributed by atoms with Gasteiger partial charge >= 0.3 is 0 Å². The second-order valence-corrected chi connectivity index (χ2v) is 5.53. The topological polar surface area (TPSA) is 61.6 Å². The van der Waals surface area contributed by atoms with E-state index in [4.69, 9.17) is 9.47 Å². The molecule has 6 heteroatoms. The van der Waals surface area contributed by atoms with Gasteiger partial charge in [-0.25, -0.2) is 0 Å². The maximum absolute atomic E-state index is 11.0. The Kier molecular flexibility index (Phi) is 3.96. The summed E-state index contributed by atoms with van der Waals surface area (Å²) < 4.78 is 11.0. The summed E-state index contributed by atoms with van der Waals surface area (Å²) in [6.07, 6.45) is 0. The van der Waals surface area contributed by atoms with E-state index in [-0.39, 0.29) is 10.6 Å². The third-order valence-electron chi connectivity index (χ3n) is 3.10. The van der Waals surface area contributed by atoms with Crippen LogP contribution < -0.4 is 9.47 Å². The second kappa shape index (κ2) is 6.05. The van der Waals surface area contributed by atoms with Crippen molar-refractivity contribution in [2.75, 3.05) is 13.2 Å². The molecule has 0 saturated heterocycles. The van der Waals surface area contributed by atoms with Crippen molar-refractivity contribution in [3.8, 4) is 11.5 Å². The summed E-state index contributed by atoms with van der Waals surface area (Å²) in [6.45, 7) is 1.11. The normalized spacial score (nSPS) is 13.0. The summed E-state index contributed by atoms with van der Waals surface area (Å²) in [5.41, 5.74) is 0.866. The first-order chi connectivity index (χ1) is 10.2. The van der Waals surface area contributed by atoms with Crippen molar-refractivity contribution in [1.29, 1.82) is 0 Å². The van der Waals surface area contributed by atoms with Gasteiger partial charge in [0.1, 0.15) is 13.2 Å². The standard InChI is InChI=1S/C15H13NO4S/c17-16(18)13-4-2-1-3-11(13)10-21-12-5-6-14-15(9-12)20-8-7-19-14/h1-6,9H,7-8,10H2. The van der Waals surface area contributed by atoms with E-state index >= 15 is 0 Å². The van der Waals surface area contributed by atoms with Crippen molar-refractivity contribution in [1.82, 2.24) is 0 Å². The molecule has 0 spiro atoms. The van der Waals surface area contributed by atoms with E-state index in [0.717, 1.165) is 16.4 Å². The van der Waals surface area contributed by atoms with Crippen LogP contribution in [0.15, 0.2) is 47.4 Å². The molecule has 0 aliphatic carbocycles. The van der Waals surface area contributed by atoms with Crippen LogP contribution in [0.3, 0.4) is 0 Å². The maximum atomic E-state index is 11.0. The first-order valence-corrected chi connectivity index (χ1v) is 7.47. The van der Waals surface area contributed by atoms with Crippen LogP contribution >= 0.6 is 11.8 Å². The minimum absolute atomic E-state index is 0.155. The van der Waals surface area contributed by atoms with Crippen molar-refractivity contribution >= 4 is 17.4 Å². The van der Waals surface area contributed by atoms with Crippen LogP contribution in [0.4, 0.5) is 5.69 Å². The number of rotatable bonds is 4. The van der Waals surface area contributed by atoms with Crippen molar-refractivity contribution in [2.24, 2.45) is 0 Å². The number of para-hydroxylation sites is 1. The lowest BCUT2D eigenvalue weighted by Crippen LogP contribution is -2.15. The van der Waals surface area contributed by atoms with Gasteiger partial charge in [0.2, 0.25) is 0 Å². The molecule has 1 aliphatic rings. The molecule has 0 fully saturated rings. The van der Waals surface area contributed by atoms with Crippen LogP contribution in [-0.2, 0) is 5.75 Å². The van der Waals surface area contributed by atoms with Gasteiger partial charge in [-0.2, -0.15) is 0 Å². The van der Waals surface area contributed by atoms with Crippen molar-refractivity contribution in [2.45, 2.75) is 10.6 Å². The molecule has 108 valence electrons. The minimum atomic E-state index is -0.348. The minimum Gasteiger partial charge on any atom is -0.486 e. The van der Waals surface area contributed by atoms with Crippen molar-refractivity contribution in [3.05, 3.63) is 58.1 Å². The van der Waals surface area contributed by atoms with E-state index in [1.807, 2.05) is 24.3 Å². The van der Waals surface area contributed by atoms with Crippen molar-refractivity contribution < 1.29 is 14.4 Å². The second-order valence-electron chi connectivity index (χ2n) is 4.48. The van der Waals surface area contributed by atoms with E-state index in [2.05, 4.69) is 0 Å². The van der Waals surface area contributed by atoms with Crippen LogP contribution in [0.1, 0.15) is 5.56 Å². The predicted molar refractivity (Wildman–Crippen MR) is 80.1 cm³/mol. The molecule has 3 rings (SSSR count). The summed E-state index contributed by atoms with van der Waals surface area (Å²) >= 11 is 1.54. The van der Waals surface area contributed by atoms with E-state index < -0.39 is 0 Å². The highest BCUT2D eigenvalue weighted by Gasteiger charge is 2.14. The molecule has 0 unspecified atom stereocenters. The first-order valence-electron chi connectivity index (χ1n) is 6.49. The van der Waals surface area contributed by atoms with Gasteiger partial charge in [-0.1, -0.05) is 18.2 Å². The van der Waals surface area contributed by atoms with Gasteiger partial charge in [0.25, 0.3) is 5.69 Å². The molecule has 5 nitrogen and oxygen atoms in total. The number of thioether (sulfide) groups is 1. The van der Waals surface area contributed by atoms with Crippen LogP contribution in [0.5, 0.6) is 11.5 Å². The zero-order chi connectivity index (χ0) is 14.7. The average molecular weight is 303 g/mol. The molecule has 0 aromatic heterocycles. The van der Waals surface area contributed by atoms with E-state index in [1.165, 1.54) is 17.8 Å². The molecule has 0 amide bonds. The Morgan fingerprint density at radius 1 is 1.10 bits per heavy atom. The van der Waals surface area contributed by atoms with Crippen LogP contribution in [0, 0.1) is 10.1 Å². The van der Waals surface area contributed by atoms with Gasteiger partial charge in [0.05, 0.1) is 4.92 Å². The number of ether oxygens (including phenoxy) is 2. The Morgan fingerprint density at radius 2 is 1.86 bits per heavy atom. The smallest absolute Gasteiger partial charge is 0.273 e. The molecule has 0 N–H and O–H groups in total. The lowest BCUT2D eigenvalue weighted by molar-refractivity contribution is -0.385. The molecule has 1 heterocycles. The Morgan fingerprint density at radius 3 is 2.67 bits per heavy atom. The van der Waals surface area contributed by atoms with Gasteiger partial charge in [0.15, 0.2) is 11.5 Å². The largest absolute Gasteiger partial charge is 0.486 e. The van der Waals surface area contributed by atoms with Crippen LogP contribution in [-0.4, -0.2) is 18.1 Å². The van der Waals surface area contributed by atoms with E-state index in [0.29, 0.717) is 24.5 Å². The lowest BCUT2D eigenvalue weighted by atomic mass is 10.2. The zero-order valence-electron chi connectivity index (χ0n) is 11.2. The Balaban J connectivity index is 1.75. The SMILES string of the molecule is O=[N+]([O-])c1ccccc1CSc1ccc2c(c1)OCCO2. The summed E-state index contributed by atoms with van der Waals surface area (Å²) in [7, 11) is 0. The van der Waals surface area contributed by atoms with Gasteiger partial charge in [-0.15, -0.1) is 11.8 Å². The molecular formula is C15H13NO4S. The average Bonchev–Trinajstić information content (AvgIpc) is 2.53. The summed E-state index contributed by atoms with van der Waals surface area (Å²) in [4.78, 5) is 11.6. The first kappa shape index (κ1) is 13.8. The Hall–Kier alpha value is -2.21. The number of hydrogen-bond donors (Lipinski definition) is 0. The molecule has 2 aromatic rings. The molecule has 0 radical (unpaired) electrons. The number of nitro groups is 1. The number of nitro benzene ring substituents is 1. The van der Waals surface area contributed by atoms with Gasteiger partial charge < -0.3 is 9.47 Å². The number of fused-ring (bicyclic) bond motifs is 1. The lowest BCUT2D eigenvalue weighted by Gasteiger charge is -2.18. The molecule has 0 atom stereocenters. The summed E-state index contributed by atoms with van der Waals surface area (Å²) in [5, 5.41) is 11.0. The predicted octanol–water partition coefficient (Wildman–Crippen LogP) is 3.66. The van der Waals surface area contributed by atoms with Gasteiger partial charge in [-0.3, -0.25) is 10.1 Å². The van der Waals surface area contributed by atoms with Gasteiger partial charge in [0, 0.05) is 22.3 Å². The third kappa shape index (κ3) is 3.11. The fraction of sp³-hybridized carbons (Fsp3) is 0.200. The number of benzene rings is 2. The monoisotopic (exact) mass is 303 g/mol. The number of nitrogens with zero attached hydrogens (tertiary/aromatic N) is 1. The highest BCUT2D eigenvalue weighted by atomic mass is 32.2. The molecule has 0 saturated carbocycles. The highest BCUT2D eigenvalue weighted by Crippen LogP contribution is 2.36. The molecular weight excluding hydrogens is 290 g/mol. The molecule has 2 aromatic carbocycles. The van der Waals surface area contributed by atoms with Crippen molar-refractivity contribution in [3.63, 3.8) is 0 Å². The Bertz CT molecular complexity index is 674. The third-order valence-corrected chi connectivity index (χ3v) is 4.14. The zero-order valence-corrected chi connectivity index (χ0v) is 12.0. The maximum Gasteiger partial charge on any atom is 0.273 e. The molecule has 0 bridgehead atoms. The van der Waals surface area contributed by atoms with E-state index in [9.17, 15) is 10.1 Å². The van der Waals surface area contributed by atoms with Crippen LogP contribution in [0.25, 0.3) is 0 Å². The summed E-state index contributed by atoms with van der Waals surface area (Å²) in [5.74, 6) is 2.02. The fourth-order valence-corrected chi connectivity index (χ4v) is 3.01. The van der Waals surface area contributed by atoms with Gasteiger partial charge in [-0.05, 0) is 18.2 Å². The number of hydrogen-bond acceptors (Lipinski definition) is 5. The highest BCUT2D eigenvalue weighted by molar-refractivity contribution is 7.98. The van der Waals surface area contributed by atoms with Crippen LogP contribution in [0.2, 0.25) is 0 Å². The van der Waals surface area contributed by atoms with E-state index in [1.54, 1.807) is 12.1 Å². The fourth-order valence-electron chi connectivity index (χ4n) is 2.09. The summed E-state index contributed by atoms with van der Waals surface area (Å²) in [6, 6.07) is 12.5. The molecule has 21 heavy (non-hydrogen) atoms. The Labute approximate surface area is 126 Å². The quantitative estimate of drug-likeness (QED) is 0.490.